The molecule has 0 aliphatic carbocycles. The Balaban J connectivity index is 4.50. The average molecular weight is 543 g/mol. The summed E-state index contributed by atoms with van der Waals surface area (Å²) in [5.41, 5.74) is 0. The molecule has 38 heavy (non-hydrogen) atoms. The molecule has 0 heterocycles. The number of ether oxygens (including phenoxy) is 2. The van der Waals surface area contributed by atoms with E-state index >= 15 is 0 Å². The van der Waals surface area contributed by atoms with Crippen molar-refractivity contribution in [3.63, 3.8) is 0 Å². The van der Waals surface area contributed by atoms with Crippen molar-refractivity contribution in [2.45, 2.75) is 137 Å². The van der Waals surface area contributed by atoms with Crippen molar-refractivity contribution >= 4 is 23.8 Å². The highest BCUT2D eigenvalue weighted by molar-refractivity contribution is 5.86. The van der Waals surface area contributed by atoms with Crippen LogP contribution in [0.4, 0.5) is 0 Å². The standard InChI is InChI=1S/C28H54N4O6/c1-10-21(8)31-23(27(35)37-18(3)4)15-25(33)29-14-12-13-20(7)17-30-26(34)16-24(32-22(9)11-2)28(36)38-19(5)6/h18-24,31-32H,10-17H2,1-9H3,(H,29,33)(H,30,34). The lowest BCUT2D eigenvalue weighted by Gasteiger charge is -2.22. The van der Waals surface area contributed by atoms with Crippen molar-refractivity contribution in [1.29, 1.82) is 0 Å². The van der Waals surface area contributed by atoms with Gasteiger partial charge in [0.05, 0.1) is 25.0 Å². The first-order valence-electron chi connectivity index (χ1n) is 14.2. The molecule has 4 N–H and O–H groups in total. The Morgan fingerprint density at radius 1 is 0.658 bits per heavy atom. The van der Waals surface area contributed by atoms with Crippen molar-refractivity contribution in [3.8, 4) is 0 Å². The Morgan fingerprint density at radius 2 is 1.08 bits per heavy atom. The van der Waals surface area contributed by atoms with Crippen LogP contribution in [0.3, 0.4) is 0 Å². The summed E-state index contributed by atoms with van der Waals surface area (Å²) < 4.78 is 10.6. The summed E-state index contributed by atoms with van der Waals surface area (Å²) in [6, 6.07) is -1.19. The first-order chi connectivity index (χ1) is 17.8. The van der Waals surface area contributed by atoms with E-state index in [1.807, 2.05) is 34.6 Å². The third kappa shape index (κ3) is 17.3. The molecule has 0 aliphatic rings. The lowest BCUT2D eigenvalue weighted by atomic mass is 10.1. The number of hydrogen-bond donors (Lipinski definition) is 4. The molecule has 0 saturated carbocycles. The average Bonchev–Trinajstić information content (AvgIpc) is 2.83. The molecule has 0 fully saturated rings. The predicted molar refractivity (Wildman–Crippen MR) is 149 cm³/mol. The molecular weight excluding hydrogens is 488 g/mol. The van der Waals surface area contributed by atoms with Gasteiger partial charge >= 0.3 is 11.9 Å². The first kappa shape index (κ1) is 35.8. The van der Waals surface area contributed by atoms with Crippen LogP contribution >= 0.6 is 0 Å². The highest BCUT2D eigenvalue weighted by Crippen LogP contribution is 2.07. The summed E-state index contributed by atoms with van der Waals surface area (Å²) in [4.78, 5) is 49.7. The largest absolute Gasteiger partial charge is 0.462 e. The summed E-state index contributed by atoms with van der Waals surface area (Å²) in [5.74, 6) is -1.06. The Labute approximate surface area is 230 Å². The third-order valence-corrected chi connectivity index (χ3v) is 6.09. The van der Waals surface area contributed by atoms with Gasteiger partial charge in [-0.05, 0) is 73.1 Å². The second kappa shape index (κ2) is 19.8. The molecule has 0 bridgehead atoms. The van der Waals surface area contributed by atoms with E-state index in [1.54, 1.807) is 27.7 Å². The van der Waals surface area contributed by atoms with Crippen LogP contribution < -0.4 is 21.3 Å². The SMILES string of the molecule is CCC(C)NC(CC(=O)NCCCC(C)CNC(=O)CC(NC(C)CC)C(=O)OC(C)C)C(=O)OC(C)C. The lowest BCUT2D eigenvalue weighted by molar-refractivity contribution is -0.152. The number of nitrogens with one attached hydrogen (secondary N) is 4. The van der Waals surface area contributed by atoms with Gasteiger partial charge in [-0.2, -0.15) is 0 Å². The van der Waals surface area contributed by atoms with Crippen molar-refractivity contribution in [2.75, 3.05) is 13.1 Å². The Hall–Kier alpha value is -2.20. The van der Waals surface area contributed by atoms with Gasteiger partial charge in [0.1, 0.15) is 12.1 Å². The van der Waals surface area contributed by atoms with Gasteiger partial charge in [-0.15, -0.1) is 0 Å². The van der Waals surface area contributed by atoms with E-state index in [2.05, 4.69) is 21.3 Å². The van der Waals surface area contributed by atoms with E-state index in [-0.39, 0.29) is 54.9 Å². The van der Waals surface area contributed by atoms with Crippen molar-refractivity contribution < 1.29 is 28.7 Å². The normalized spacial score (nSPS) is 15.3. The molecule has 10 nitrogen and oxygen atoms in total. The monoisotopic (exact) mass is 542 g/mol. The summed E-state index contributed by atoms with van der Waals surface area (Å²) in [6.45, 7) is 18.1. The number of hydrogen-bond acceptors (Lipinski definition) is 8. The maximum atomic E-state index is 12.5. The number of carbonyl (C=O) groups excluding carboxylic acids is 4. The van der Waals surface area contributed by atoms with Crippen LogP contribution in [0.1, 0.15) is 101 Å². The third-order valence-electron chi connectivity index (χ3n) is 6.09. The van der Waals surface area contributed by atoms with Crippen LogP contribution in [0.25, 0.3) is 0 Å². The second-order valence-electron chi connectivity index (χ2n) is 10.8. The van der Waals surface area contributed by atoms with Crippen molar-refractivity contribution in [2.24, 2.45) is 5.92 Å². The molecule has 0 aromatic heterocycles. The topological polar surface area (TPSA) is 135 Å². The van der Waals surface area contributed by atoms with E-state index in [4.69, 9.17) is 9.47 Å². The predicted octanol–water partition coefficient (Wildman–Crippen LogP) is 2.83. The van der Waals surface area contributed by atoms with E-state index in [0.717, 1.165) is 25.7 Å². The minimum Gasteiger partial charge on any atom is -0.462 e. The smallest absolute Gasteiger partial charge is 0.323 e. The van der Waals surface area contributed by atoms with Crippen LogP contribution in [0, 0.1) is 5.92 Å². The zero-order chi connectivity index (χ0) is 29.3. The highest BCUT2D eigenvalue weighted by atomic mass is 16.5. The van der Waals surface area contributed by atoms with Crippen LogP contribution in [0.2, 0.25) is 0 Å². The van der Waals surface area contributed by atoms with Gasteiger partial charge in [0.2, 0.25) is 11.8 Å². The van der Waals surface area contributed by atoms with Gasteiger partial charge in [0, 0.05) is 25.2 Å². The molecule has 10 heteroatoms. The molecule has 0 aromatic carbocycles. The van der Waals surface area contributed by atoms with E-state index in [9.17, 15) is 19.2 Å². The van der Waals surface area contributed by atoms with Crippen LogP contribution in [0.5, 0.6) is 0 Å². The molecule has 0 radical (unpaired) electrons. The van der Waals surface area contributed by atoms with Crippen LogP contribution in [-0.2, 0) is 28.7 Å². The van der Waals surface area contributed by atoms with Gasteiger partial charge < -0.3 is 30.7 Å². The fraction of sp³-hybridized carbons (Fsp3) is 0.857. The molecule has 0 spiro atoms. The summed E-state index contributed by atoms with van der Waals surface area (Å²) in [5, 5.41) is 12.1. The van der Waals surface area contributed by atoms with Crippen LogP contribution in [0.15, 0.2) is 0 Å². The van der Waals surface area contributed by atoms with Gasteiger partial charge in [-0.3, -0.25) is 19.2 Å². The Morgan fingerprint density at radius 3 is 1.47 bits per heavy atom. The Kier molecular flexibility index (Phi) is 18.7. The van der Waals surface area contributed by atoms with Gasteiger partial charge in [0.15, 0.2) is 0 Å². The number of amides is 2. The number of carbonyl (C=O) groups is 4. The molecule has 222 valence electrons. The Bertz CT molecular complexity index is 715. The quantitative estimate of drug-likeness (QED) is 0.136. The van der Waals surface area contributed by atoms with Crippen molar-refractivity contribution in [3.05, 3.63) is 0 Å². The van der Waals surface area contributed by atoms with E-state index in [0.29, 0.717) is 13.1 Å². The maximum absolute atomic E-state index is 12.5. The number of rotatable bonds is 20. The zero-order valence-electron chi connectivity index (χ0n) is 25.1. The van der Waals surface area contributed by atoms with Gasteiger partial charge in [-0.1, -0.05) is 20.8 Å². The second-order valence-corrected chi connectivity index (χ2v) is 10.8. The van der Waals surface area contributed by atoms with Crippen molar-refractivity contribution in [1.82, 2.24) is 21.3 Å². The molecule has 5 unspecified atom stereocenters. The maximum Gasteiger partial charge on any atom is 0.323 e. The summed E-state index contributed by atoms with van der Waals surface area (Å²) >= 11 is 0. The molecule has 0 aromatic rings. The highest BCUT2D eigenvalue weighted by Gasteiger charge is 2.26. The first-order valence-corrected chi connectivity index (χ1v) is 14.2. The zero-order valence-corrected chi connectivity index (χ0v) is 25.1. The summed E-state index contributed by atoms with van der Waals surface area (Å²) in [6.07, 6.45) is 2.75. The lowest BCUT2D eigenvalue weighted by Crippen LogP contribution is -2.46. The van der Waals surface area contributed by atoms with Gasteiger partial charge in [0.25, 0.3) is 0 Å². The molecular formula is C28H54N4O6. The van der Waals surface area contributed by atoms with Crippen LogP contribution in [-0.4, -0.2) is 73.2 Å². The number of esters is 2. The minimum absolute atomic E-state index is 0.0176. The fourth-order valence-corrected chi connectivity index (χ4v) is 3.56. The summed E-state index contributed by atoms with van der Waals surface area (Å²) in [7, 11) is 0. The van der Waals surface area contributed by atoms with E-state index < -0.39 is 24.0 Å². The molecule has 0 aliphatic heterocycles. The molecule has 0 rings (SSSR count). The molecule has 5 atom stereocenters. The van der Waals surface area contributed by atoms with E-state index in [1.165, 1.54) is 0 Å². The molecule has 2 amide bonds. The molecule has 0 saturated heterocycles. The minimum atomic E-state index is -0.686. The van der Waals surface area contributed by atoms with Gasteiger partial charge in [-0.25, -0.2) is 0 Å². The fourth-order valence-electron chi connectivity index (χ4n) is 3.56.